The number of rotatable bonds is 2. The largest absolute Gasteiger partial charge is 0.465 e. The molecule has 0 aliphatic carbocycles. The molecule has 16 heavy (non-hydrogen) atoms. The van der Waals surface area contributed by atoms with Crippen molar-refractivity contribution in [2.45, 2.75) is 25.8 Å². The van der Waals surface area contributed by atoms with E-state index in [0.29, 0.717) is 11.6 Å². The zero-order valence-electron chi connectivity index (χ0n) is 9.75. The Morgan fingerprint density at radius 2 is 2.31 bits per heavy atom. The van der Waals surface area contributed by atoms with E-state index in [4.69, 9.17) is 4.74 Å². The summed E-state index contributed by atoms with van der Waals surface area (Å²) in [6.45, 7) is 3.13. The number of carbonyl (C=O) groups excluding carboxylic acids is 1. The number of carbonyl (C=O) groups is 1. The van der Waals surface area contributed by atoms with E-state index >= 15 is 0 Å². The van der Waals surface area contributed by atoms with Crippen LogP contribution < -0.4 is 5.32 Å². The van der Waals surface area contributed by atoms with Gasteiger partial charge in [-0.05, 0) is 49.6 Å². The van der Waals surface area contributed by atoms with Crippen molar-refractivity contribution in [3.8, 4) is 0 Å². The van der Waals surface area contributed by atoms with Gasteiger partial charge in [0.05, 0.1) is 12.7 Å². The number of ether oxygens (including phenoxy) is 1. The molecule has 1 heterocycles. The molecule has 0 bridgehead atoms. The first-order valence-corrected chi connectivity index (χ1v) is 5.64. The van der Waals surface area contributed by atoms with Gasteiger partial charge in [0.1, 0.15) is 0 Å². The van der Waals surface area contributed by atoms with E-state index in [1.807, 2.05) is 25.1 Å². The molecule has 1 aliphatic rings. The number of benzene rings is 1. The fourth-order valence-corrected chi connectivity index (χ4v) is 2.26. The fraction of sp³-hybridized carbons (Fsp3) is 0.462. The quantitative estimate of drug-likeness (QED) is 0.775. The van der Waals surface area contributed by atoms with Gasteiger partial charge in [0.25, 0.3) is 0 Å². The predicted octanol–water partition coefficient (Wildman–Crippen LogP) is 2.21. The molecule has 1 saturated heterocycles. The third-order valence-electron chi connectivity index (χ3n) is 3.13. The maximum Gasteiger partial charge on any atom is 0.337 e. The summed E-state index contributed by atoms with van der Waals surface area (Å²) >= 11 is 0. The molecule has 86 valence electrons. The molecule has 1 N–H and O–H groups in total. The van der Waals surface area contributed by atoms with E-state index < -0.39 is 0 Å². The molecule has 3 heteroatoms. The maximum atomic E-state index is 11.4. The number of esters is 1. The monoisotopic (exact) mass is 219 g/mol. The smallest absolute Gasteiger partial charge is 0.337 e. The summed E-state index contributed by atoms with van der Waals surface area (Å²) in [6, 6.07) is 6.23. The lowest BCUT2D eigenvalue weighted by molar-refractivity contribution is 0.0600. The van der Waals surface area contributed by atoms with Gasteiger partial charge in [0.15, 0.2) is 0 Å². The lowest BCUT2D eigenvalue weighted by Gasteiger charge is -2.14. The molecule has 0 spiro atoms. The molecule has 1 aliphatic heterocycles. The van der Waals surface area contributed by atoms with Crippen molar-refractivity contribution in [1.29, 1.82) is 0 Å². The highest BCUT2D eigenvalue weighted by molar-refractivity contribution is 5.89. The molecular formula is C13H17NO2. The highest BCUT2D eigenvalue weighted by atomic mass is 16.5. The van der Waals surface area contributed by atoms with Crippen LogP contribution in [-0.4, -0.2) is 19.6 Å². The van der Waals surface area contributed by atoms with Crippen molar-refractivity contribution < 1.29 is 9.53 Å². The summed E-state index contributed by atoms with van der Waals surface area (Å²) in [7, 11) is 1.41. The van der Waals surface area contributed by atoms with E-state index in [1.165, 1.54) is 25.5 Å². The van der Waals surface area contributed by atoms with Gasteiger partial charge in [-0.1, -0.05) is 6.07 Å². The first-order valence-electron chi connectivity index (χ1n) is 5.64. The molecule has 0 aromatic heterocycles. The molecule has 1 aromatic rings. The van der Waals surface area contributed by atoms with Gasteiger partial charge >= 0.3 is 5.97 Å². The summed E-state index contributed by atoms with van der Waals surface area (Å²) in [5.41, 5.74) is 3.08. The SMILES string of the molecule is COC(=O)c1ccc(C2CCCN2)c(C)c1. The molecule has 0 saturated carbocycles. The summed E-state index contributed by atoms with van der Waals surface area (Å²) in [5, 5.41) is 3.46. The molecule has 3 nitrogen and oxygen atoms in total. The highest BCUT2D eigenvalue weighted by Gasteiger charge is 2.18. The van der Waals surface area contributed by atoms with Gasteiger partial charge in [-0.2, -0.15) is 0 Å². The Hall–Kier alpha value is -1.35. The van der Waals surface area contributed by atoms with Crippen LogP contribution in [0.5, 0.6) is 0 Å². The summed E-state index contributed by atoms with van der Waals surface area (Å²) in [4.78, 5) is 11.4. The van der Waals surface area contributed by atoms with Crippen LogP contribution in [0.1, 0.15) is 40.4 Å². The number of aryl methyl sites for hydroxylation is 1. The van der Waals surface area contributed by atoms with Gasteiger partial charge in [-0.15, -0.1) is 0 Å². The predicted molar refractivity (Wildman–Crippen MR) is 62.5 cm³/mol. The fourth-order valence-electron chi connectivity index (χ4n) is 2.26. The minimum atomic E-state index is -0.269. The van der Waals surface area contributed by atoms with Crippen LogP contribution in [0.4, 0.5) is 0 Å². The molecule has 1 fully saturated rings. The second-order valence-electron chi connectivity index (χ2n) is 4.21. The number of methoxy groups -OCH3 is 1. The van der Waals surface area contributed by atoms with Crippen molar-refractivity contribution in [2.24, 2.45) is 0 Å². The molecule has 1 aromatic carbocycles. The minimum absolute atomic E-state index is 0.269. The van der Waals surface area contributed by atoms with Gasteiger partial charge in [-0.3, -0.25) is 0 Å². The first kappa shape index (κ1) is 11.1. The maximum absolute atomic E-state index is 11.4. The Balaban J connectivity index is 2.25. The van der Waals surface area contributed by atoms with Crippen molar-refractivity contribution in [1.82, 2.24) is 5.32 Å². The summed E-state index contributed by atoms with van der Waals surface area (Å²) in [5.74, 6) is -0.269. The minimum Gasteiger partial charge on any atom is -0.465 e. The second-order valence-corrected chi connectivity index (χ2v) is 4.21. The second kappa shape index (κ2) is 4.66. The van der Waals surface area contributed by atoms with Crippen LogP contribution in [0.25, 0.3) is 0 Å². The molecule has 1 atom stereocenters. The van der Waals surface area contributed by atoms with Crippen LogP contribution in [0.2, 0.25) is 0 Å². The van der Waals surface area contributed by atoms with Crippen molar-refractivity contribution >= 4 is 5.97 Å². The van der Waals surface area contributed by atoms with Crippen LogP contribution in [-0.2, 0) is 4.74 Å². The molecule has 2 rings (SSSR count). The molecule has 0 amide bonds. The van der Waals surface area contributed by atoms with E-state index in [0.717, 1.165) is 12.1 Å². The lowest BCUT2D eigenvalue weighted by Crippen LogP contribution is -2.14. The Morgan fingerprint density at radius 3 is 2.88 bits per heavy atom. The average Bonchev–Trinajstić information content (AvgIpc) is 2.81. The van der Waals surface area contributed by atoms with Gasteiger partial charge in [0, 0.05) is 6.04 Å². The van der Waals surface area contributed by atoms with Crippen LogP contribution >= 0.6 is 0 Å². The summed E-state index contributed by atoms with van der Waals surface area (Å²) in [6.07, 6.45) is 2.40. The third kappa shape index (κ3) is 2.09. The average molecular weight is 219 g/mol. The van der Waals surface area contributed by atoms with Crippen LogP contribution in [0, 0.1) is 6.92 Å². The normalized spacial score (nSPS) is 19.8. The number of hydrogen-bond donors (Lipinski definition) is 1. The number of hydrogen-bond acceptors (Lipinski definition) is 3. The van der Waals surface area contributed by atoms with Crippen LogP contribution in [0.3, 0.4) is 0 Å². The van der Waals surface area contributed by atoms with Crippen molar-refractivity contribution in [2.75, 3.05) is 13.7 Å². The van der Waals surface area contributed by atoms with E-state index in [2.05, 4.69) is 5.32 Å². The molecular weight excluding hydrogens is 202 g/mol. The van der Waals surface area contributed by atoms with Crippen LogP contribution in [0.15, 0.2) is 18.2 Å². The van der Waals surface area contributed by atoms with Crippen molar-refractivity contribution in [3.63, 3.8) is 0 Å². The zero-order chi connectivity index (χ0) is 11.5. The Kier molecular flexibility index (Phi) is 3.25. The zero-order valence-corrected chi connectivity index (χ0v) is 9.75. The Bertz CT molecular complexity index is 395. The van der Waals surface area contributed by atoms with Crippen molar-refractivity contribution in [3.05, 3.63) is 34.9 Å². The number of nitrogens with one attached hydrogen (secondary N) is 1. The summed E-state index contributed by atoms with van der Waals surface area (Å²) < 4.78 is 4.70. The Morgan fingerprint density at radius 1 is 1.50 bits per heavy atom. The third-order valence-corrected chi connectivity index (χ3v) is 3.13. The molecule has 0 radical (unpaired) electrons. The highest BCUT2D eigenvalue weighted by Crippen LogP contribution is 2.26. The standard InChI is InChI=1S/C13H17NO2/c1-9-8-10(13(15)16-2)5-6-11(9)12-4-3-7-14-12/h5-6,8,12,14H,3-4,7H2,1-2H3. The Labute approximate surface area is 95.8 Å². The van der Waals surface area contributed by atoms with E-state index in [9.17, 15) is 4.79 Å². The first-order chi connectivity index (χ1) is 7.72. The lowest BCUT2D eigenvalue weighted by atomic mass is 9.98. The van der Waals surface area contributed by atoms with Gasteiger partial charge in [0.2, 0.25) is 0 Å². The van der Waals surface area contributed by atoms with Gasteiger partial charge in [-0.25, -0.2) is 4.79 Å². The van der Waals surface area contributed by atoms with E-state index in [-0.39, 0.29) is 5.97 Å². The van der Waals surface area contributed by atoms with E-state index in [1.54, 1.807) is 0 Å². The van der Waals surface area contributed by atoms with Gasteiger partial charge < -0.3 is 10.1 Å². The topological polar surface area (TPSA) is 38.3 Å². The molecule has 1 unspecified atom stereocenters.